The van der Waals surface area contributed by atoms with E-state index in [1.807, 2.05) is 42.9 Å². The molecule has 0 saturated carbocycles. The standard InChI is InChI=1S/C14H18N2O2S/c1-3-17-13-6-5-11(7-14(13)18-4-2)15-8-12-9-19-10-16-12/h5-7,9-10,15H,3-4,8H2,1-2H3. The summed E-state index contributed by atoms with van der Waals surface area (Å²) in [5.74, 6) is 1.55. The lowest BCUT2D eigenvalue weighted by molar-refractivity contribution is 0.288. The summed E-state index contributed by atoms with van der Waals surface area (Å²) in [4.78, 5) is 4.24. The van der Waals surface area contributed by atoms with Crippen LogP contribution >= 0.6 is 11.3 Å². The van der Waals surface area contributed by atoms with Crippen LogP contribution in [0.2, 0.25) is 0 Å². The third-order valence-corrected chi connectivity index (χ3v) is 3.14. The topological polar surface area (TPSA) is 43.4 Å². The van der Waals surface area contributed by atoms with Gasteiger partial charge in [0.05, 0.1) is 31.0 Å². The molecule has 0 radical (unpaired) electrons. The summed E-state index contributed by atoms with van der Waals surface area (Å²) < 4.78 is 11.1. The van der Waals surface area contributed by atoms with Crippen LogP contribution in [0.1, 0.15) is 19.5 Å². The number of nitrogens with zero attached hydrogens (tertiary/aromatic N) is 1. The molecule has 4 nitrogen and oxygen atoms in total. The number of thiazole rings is 1. The molecule has 2 rings (SSSR count). The fourth-order valence-corrected chi connectivity index (χ4v) is 2.24. The van der Waals surface area contributed by atoms with Gasteiger partial charge in [0, 0.05) is 17.1 Å². The van der Waals surface area contributed by atoms with Crippen LogP contribution < -0.4 is 14.8 Å². The zero-order valence-electron chi connectivity index (χ0n) is 11.2. The number of hydrogen-bond acceptors (Lipinski definition) is 5. The fourth-order valence-electron chi connectivity index (χ4n) is 1.68. The zero-order valence-corrected chi connectivity index (χ0v) is 12.0. The highest BCUT2D eigenvalue weighted by Gasteiger charge is 2.06. The van der Waals surface area contributed by atoms with Gasteiger partial charge >= 0.3 is 0 Å². The Morgan fingerprint density at radius 1 is 1.16 bits per heavy atom. The lowest BCUT2D eigenvalue weighted by Gasteiger charge is -2.13. The Bertz CT molecular complexity index is 500. The molecule has 1 heterocycles. The molecule has 0 atom stereocenters. The lowest BCUT2D eigenvalue weighted by atomic mass is 10.2. The number of aromatic nitrogens is 1. The molecule has 1 aromatic heterocycles. The Morgan fingerprint density at radius 2 is 1.95 bits per heavy atom. The second kappa shape index (κ2) is 6.99. The summed E-state index contributed by atoms with van der Waals surface area (Å²) in [6.07, 6.45) is 0. The molecule has 5 heteroatoms. The van der Waals surface area contributed by atoms with Crippen molar-refractivity contribution >= 4 is 17.0 Å². The Labute approximate surface area is 117 Å². The van der Waals surface area contributed by atoms with Gasteiger partial charge in [0.1, 0.15) is 0 Å². The summed E-state index contributed by atoms with van der Waals surface area (Å²) >= 11 is 1.60. The van der Waals surface area contributed by atoms with E-state index in [4.69, 9.17) is 9.47 Å². The van der Waals surface area contributed by atoms with E-state index >= 15 is 0 Å². The van der Waals surface area contributed by atoms with Gasteiger partial charge < -0.3 is 14.8 Å². The maximum absolute atomic E-state index is 5.59. The highest BCUT2D eigenvalue weighted by Crippen LogP contribution is 2.30. The van der Waals surface area contributed by atoms with Crippen molar-refractivity contribution in [3.63, 3.8) is 0 Å². The average Bonchev–Trinajstić information content (AvgIpc) is 2.93. The predicted octanol–water partition coefficient (Wildman–Crippen LogP) is 3.55. The van der Waals surface area contributed by atoms with Crippen molar-refractivity contribution < 1.29 is 9.47 Å². The minimum absolute atomic E-state index is 0.621. The third-order valence-electron chi connectivity index (χ3n) is 2.50. The van der Waals surface area contributed by atoms with E-state index in [-0.39, 0.29) is 0 Å². The summed E-state index contributed by atoms with van der Waals surface area (Å²) in [5, 5.41) is 5.36. The Morgan fingerprint density at radius 3 is 2.63 bits per heavy atom. The molecule has 102 valence electrons. The molecule has 0 spiro atoms. The molecular formula is C14H18N2O2S. The monoisotopic (exact) mass is 278 g/mol. The molecule has 19 heavy (non-hydrogen) atoms. The van der Waals surface area contributed by atoms with Crippen molar-refractivity contribution in [1.82, 2.24) is 4.98 Å². The summed E-state index contributed by atoms with van der Waals surface area (Å²) in [6.45, 7) is 5.89. The molecule has 0 bridgehead atoms. The van der Waals surface area contributed by atoms with E-state index in [1.165, 1.54) is 0 Å². The number of nitrogens with one attached hydrogen (secondary N) is 1. The fraction of sp³-hybridized carbons (Fsp3) is 0.357. The molecule has 0 aliphatic heterocycles. The molecule has 1 N–H and O–H groups in total. The Kier molecular flexibility index (Phi) is 5.03. The second-order valence-electron chi connectivity index (χ2n) is 3.86. The van der Waals surface area contributed by atoms with Crippen LogP contribution in [-0.2, 0) is 6.54 Å². The minimum atomic E-state index is 0.621. The molecular weight excluding hydrogens is 260 g/mol. The van der Waals surface area contributed by atoms with Gasteiger partial charge in [0.2, 0.25) is 0 Å². The number of anilines is 1. The van der Waals surface area contributed by atoms with E-state index in [2.05, 4.69) is 10.3 Å². The maximum Gasteiger partial charge on any atom is 0.163 e. The first-order valence-electron chi connectivity index (χ1n) is 6.34. The number of hydrogen-bond donors (Lipinski definition) is 1. The molecule has 0 aliphatic carbocycles. The average molecular weight is 278 g/mol. The van der Waals surface area contributed by atoms with Crippen LogP contribution in [0.5, 0.6) is 11.5 Å². The molecule has 2 aromatic rings. The summed E-state index contributed by atoms with van der Waals surface area (Å²) in [7, 11) is 0. The van der Waals surface area contributed by atoms with Gasteiger partial charge in [-0.2, -0.15) is 0 Å². The van der Waals surface area contributed by atoms with E-state index in [0.29, 0.717) is 19.8 Å². The largest absolute Gasteiger partial charge is 0.490 e. The van der Waals surface area contributed by atoms with Gasteiger partial charge in [-0.25, -0.2) is 4.98 Å². The maximum atomic E-state index is 5.59. The molecule has 0 aliphatic rings. The quantitative estimate of drug-likeness (QED) is 0.841. The van der Waals surface area contributed by atoms with E-state index in [0.717, 1.165) is 22.9 Å². The second-order valence-corrected chi connectivity index (χ2v) is 4.58. The van der Waals surface area contributed by atoms with Gasteiger partial charge in [0.15, 0.2) is 11.5 Å². The van der Waals surface area contributed by atoms with Gasteiger partial charge in [-0.1, -0.05) is 0 Å². The van der Waals surface area contributed by atoms with Crippen molar-refractivity contribution in [3.8, 4) is 11.5 Å². The number of rotatable bonds is 7. The van der Waals surface area contributed by atoms with Crippen molar-refractivity contribution in [1.29, 1.82) is 0 Å². The number of ether oxygens (including phenoxy) is 2. The van der Waals surface area contributed by atoms with Crippen LogP contribution in [0, 0.1) is 0 Å². The van der Waals surface area contributed by atoms with Crippen LogP contribution in [0.15, 0.2) is 29.1 Å². The Balaban J connectivity index is 2.06. The smallest absolute Gasteiger partial charge is 0.163 e. The molecule has 0 amide bonds. The van der Waals surface area contributed by atoms with E-state index in [9.17, 15) is 0 Å². The first kappa shape index (κ1) is 13.7. The molecule has 0 saturated heterocycles. The first-order valence-corrected chi connectivity index (χ1v) is 7.28. The van der Waals surface area contributed by atoms with Gasteiger partial charge in [-0.05, 0) is 26.0 Å². The summed E-state index contributed by atoms with van der Waals surface area (Å²) in [6, 6.07) is 5.87. The van der Waals surface area contributed by atoms with E-state index in [1.54, 1.807) is 11.3 Å². The van der Waals surface area contributed by atoms with Crippen LogP contribution in [0.3, 0.4) is 0 Å². The van der Waals surface area contributed by atoms with Crippen molar-refractivity contribution in [2.24, 2.45) is 0 Å². The zero-order chi connectivity index (χ0) is 13.5. The van der Waals surface area contributed by atoms with Crippen molar-refractivity contribution in [2.45, 2.75) is 20.4 Å². The molecule has 0 fully saturated rings. The SMILES string of the molecule is CCOc1ccc(NCc2cscn2)cc1OCC. The highest BCUT2D eigenvalue weighted by molar-refractivity contribution is 7.07. The van der Waals surface area contributed by atoms with Gasteiger partial charge in [-0.3, -0.25) is 0 Å². The Hall–Kier alpha value is -1.75. The van der Waals surface area contributed by atoms with Crippen LogP contribution in [0.4, 0.5) is 5.69 Å². The van der Waals surface area contributed by atoms with Gasteiger partial charge in [0.25, 0.3) is 0 Å². The lowest BCUT2D eigenvalue weighted by Crippen LogP contribution is -2.02. The first-order chi connectivity index (χ1) is 9.33. The van der Waals surface area contributed by atoms with Crippen LogP contribution in [-0.4, -0.2) is 18.2 Å². The van der Waals surface area contributed by atoms with Gasteiger partial charge in [-0.15, -0.1) is 11.3 Å². The third kappa shape index (κ3) is 3.86. The van der Waals surface area contributed by atoms with E-state index < -0.39 is 0 Å². The molecule has 0 unspecified atom stereocenters. The van der Waals surface area contributed by atoms with Crippen molar-refractivity contribution in [2.75, 3.05) is 18.5 Å². The minimum Gasteiger partial charge on any atom is -0.490 e. The van der Waals surface area contributed by atoms with Crippen molar-refractivity contribution in [3.05, 3.63) is 34.8 Å². The highest BCUT2D eigenvalue weighted by atomic mass is 32.1. The van der Waals surface area contributed by atoms with Crippen LogP contribution in [0.25, 0.3) is 0 Å². The number of benzene rings is 1. The predicted molar refractivity (Wildman–Crippen MR) is 78.2 cm³/mol. The molecule has 1 aromatic carbocycles. The summed E-state index contributed by atoms with van der Waals surface area (Å²) in [5.41, 5.74) is 3.87. The normalized spacial score (nSPS) is 10.2.